The predicted molar refractivity (Wildman–Crippen MR) is 70.5 cm³/mol. The molecule has 0 aliphatic heterocycles. The van der Waals surface area contributed by atoms with Crippen LogP contribution in [0, 0.1) is 12.7 Å². The van der Waals surface area contributed by atoms with Gasteiger partial charge in [-0.05, 0) is 30.7 Å². The number of benzene rings is 1. The second-order valence-electron chi connectivity index (χ2n) is 3.93. The topological polar surface area (TPSA) is 52.0 Å². The van der Waals surface area contributed by atoms with Gasteiger partial charge in [0.25, 0.3) is 9.05 Å². The first-order valence-electron chi connectivity index (χ1n) is 5.20. The van der Waals surface area contributed by atoms with Gasteiger partial charge in [-0.25, -0.2) is 17.8 Å². The second-order valence-corrected chi connectivity index (χ2v) is 6.85. The van der Waals surface area contributed by atoms with Crippen molar-refractivity contribution >= 4 is 31.3 Å². The third-order valence-electron chi connectivity index (χ3n) is 2.55. The fourth-order valence-electron chi connectivity index (χ4n) is 1.60. The Morgan fingerprint density at radius 3 is 2.68 bits per heavy atom. The zero-order valence-corrected chi connectivity index (χ0v) is 12.1. The molecule has 0 bridgehead atoms. The molecule has 2 aromatic rings. The number of halogens is 3. The van der Waals surface area contributed by atoms with Crippen molar-refractivity contribution in [3.8, 4) is 0 Å². The molecule has 0 N–H and O–H groups in total. The fraction of sp³-hybridized carbons (Fsp3) is 0.182. The molecule has 0 fully saturated rings. The largest absolute Gasteiger partial charge is 0.329 e. The molecule has 0 aliphatic carbocycles. The normalized spacial score (nSPS) is 11.8. The van der Waals surface area contributed by atoms with Gasteiger partial charge in [0.05, 0.1) is 6.54 Å². The van der Waals surface area contributed by atoms with Crippen molar-refractivity contribution in [1.29, 1.82) is 0 Å². The van der Waals surface area contributed by atoms with Gasteiger partial charge in [0, 0.05) is 21.9 Å². The maximum absolute atomic E-state index is 13.1. The van der Waals surface area contributed by atoms with Gasteiger partial charge in [-0.1, -0.05) is 11.6 Å². The first-order chi connectivity index (χ1) is 8.77. The van der Waals surface area contributed by atoms with Crippen LogP contribution < -0.4 is 0 Å². The van der Waals surface area contributed by atoms with E-state index in [9.17, 15) is 12.8 Å². The van der Waals surface area contributed by atoms with E-state index in [1.165, 1.54) is 29.0 Å². The van der Waals surface area contributed by atoms with Crippen LogP contribution in [0.1, 0.15) is 11.4 Å². The average Bonchev–Trinajstić information content (AvgIpc) is 2.65. The highest BCUT2D eigenvalue weighted by molar-refractivity contribution is 8.13. The molecule has 4 nitrogen and oxygen atoms in total. The molecular weight excluding hydrogens is 314 g/mol. The zero-order chi connectivity index (χ0) is 14.2. The molecule has 0 unspecified atom stereocenters. The minimum Gasteiger partial charge on any atom is -0.329 e. The third-order valence-corrected chi connectivity index (χ3v) is 4.09. The summed E-state index contributed by atoms with van der Waals surface area (Å²) < 4.78 is 37.0. The summed E-state index contributed by atoms with van der Waals surface area (Å²) in [5.41, 5.74) is 0.528. The number of imidazole rings is 1. The molecule has 19 heavy (non-hydrogen) atoms. The summed E-state index contributed by atoms with van der Waals surface area (Å²) in [6.07, 6.45) is 1.29. The summed E-state index contributed by atoms with van der Waals surface area (Å²) in [6.45, 7) is 1.83. The SMILES string of the molecule is Cc1nc(S(=O)(=O)Cl)cn1Cc1cc(F)ccc1Cl. The lowest BCUT2D eigenvalue weighted by molar-refractivity contribution is 0.606. The molecule has 0 atom stereocenters. The Morgan fingerprint density at radius 2 is 2.11 bits per heavy atom. The lowest BCUT2D eigenvalue weighted by Crippen LogP contribution is -2.01. The highest BCUT2D eigenvalue weighted by Crippen LogP contribution is 2.20. The Morgan fingerprint density at radius 1 is 1.42 bits per heavy atom. The lowest BCUT2D eigenvalue weighted by Gasteiger charge is -2.07. The van der Waals surface area contributed by atoms with Gasteiger partial charge in [0.2, 0.25) is 0 Å². The van der Waals surface area contributed by atoms with Crippen LogP contribution in [-0.2, 0) is 15.6 Å². The van der Waals surface area contributed by atoms with Crippen molar-refractivity contribution in [1.82, 2.24) is 9.55 Å². The van der Waals surface area contributed by atoms with Gasteiger partial charge in [-0.3, -0.25) is 0 Å². The van der Waals surface area contributed by atoms with Crippen molar-refractivity contribution in [3.63, 3.8) is 0 Å². The van der Waals surface area contributed by atoms with E-state index in [2.05, 4.69) is 4.98 Å². The summed E-state index contributed by atoms with van der Waals surface area (Å²) in [5.74, 6) is 0.0295. The number of hydrogen-bond donors (Lipinski definition) is 0. The van der Waals surface area contributed by atoms with Crippen LogP contribution in [0.5, 0.6) is 0 Å². The molecule has 0 amide bonds. The van der Waals surface area contributed by atoms with E-state index in [-0.39, 0.29) is 11.6 Å². The molecule has 1 heterocycles. The lowest BCUT2D eigenvalue weighted by atomic mass is 10.2. The standard InChI is InChI=1S/C11H9Cl2FN2O2S/c1-7-15-11(19(13,17)18)6-16(7)5-8-4-9(14)2-3-10(8)12/h2-4,6H,5H2,1H3. The minimum absolute atomic E-state index is 0.210. The van der Waals surface area contributed by atoms with Gasteiger partial charge in [-0.15, -0.1) is 0 Å². The smallest absolute Gasteiger partial charge is 0.280 e. The number of rotatable bonds is 3. The Bertz CT molecular complexity index is 728. The number of aryl methyl sites for hydroxylation is 1. The maximum atomic E-state index is 13.1. The quantitative estimate of drug-likeness (QED) is 0.816. The van der Waals surface area contributed by atoms with Gasteiger partial charge in [-0.2, -0.15) is 0 Å². The molecule has 0 radical (unpaired) electrons. The van der Waals surface area contributed by atoms with E-state index in [1.807, 2.05) is 0 Å². The molecule has 1 aromatic heterocycles. The van der Waals surface area contributed by atoms with Crippen LogP contribution in [-0.4, -0.2) is 18.0 Å². The van der Waals surface area contributed by atoms with E-state index < -0.39 is 14.9 Å². The number of nitrogens with zero attached hydrogens (tertiary/aromatic N) is 2. The predicted octanol–water partition coefficient (Wildman–Crippen LogP) is 2.96. The highest BCUT2D eigenvalue weighted by Gasteiger charge is 2.16. The zero-order valence-electron chi connectivity index (χ0n) is 9.77. The summed E-state index contributed by atoms with van der Waals surface area (Å²) >= 11 is 5.95. The van der Waals surface area contributed by atoms with Gasteiger partial charge in [0.1, 0.15) is 11.6 Å². The van der Waals surface area contributed by atoms with E-state index in [0.29, 0.717) is 16.4 Å². The second kappa shape index (κ2) is 5.11. The Labute approximate surface area is 119 Å². The summed E-state index contributed by atoms with van der Waals surface area (Å²) in [7, 11) is 1.33. The van der Waals surface area contributed by atoms with Crippen LogP contribution in [0.25, 0.3) is 0 Å². The molecule has 0 aliphatic rings. The molecule has 0 saturated carbocycles. The van der Waals surface area contributed by atoms with Gasteiger partial charge >= 0.3 is 0 Å². The number of aromatic nitrogens is 2. The summed E-state index contributed by atoms with van der Waals surface area (Å²) in [4.78, 5) is 3.84. The van der Waals surface area contributed by atoms with Crippen LogP contribution in [0.2, 0.25) is 5.02 Å². The monoisotopic (exact) mass is 322 g/mol. The van der Waals surface area contributed by atoms with E-state index >= 15 is 0 Å². The van der Waals surface area contributed by atoms with E-state index in [0.717, 1.165) is 0 Å². The Kier molecular flexibility index (Phi) is 3.85. The molecule has 102 valence electrons. The van der Waals surface area contributed by atoms with Gasteiger partial charge < -0.3 is 4.57 Å². The van der Waals surface area contributed by atoms with Crippen molar-refractivity contribution in [2.24, 2.45) is 0 Å². The van der Waals surface area contributed by atoms with Crippen molar-refractivity contribution in [3.05, 3.63) is 46.6 Å². The van der Waals surface area contributed by atoms with Crippen molar-refractivity contribution in [2.45, 2.75) is 18.5 Å². The average molecular weight is 323 g/mol. The molecule has 0 spiro atoms. The van der Waals surface area contributed by atoms with Crippen LogP contribution in [0.3, 0.4) is 0 Å². The first kappa shape index (κ1) is 14.3. The molecule has 1 aromatic carbocycles. The summed E-state index contributed by atoms with van der Waals surface area (Å²) in [5, 5.41) is 0.156. The Hall–Kier alpha value is -1.11. The van der Waals surface area contributed by atoms with Crippen LogP contribution in [0.4, 0.5) is 4.39 Å². The van der Waals surface area contributed by atoms with Crippen LogP contribution in [0.15, 0.2) is 29.4 Å². The maximum Gasteiger partial charge on any atom is 0.280 e. The van der Waals surface area contributed by atoms with Crippen molar-refractivity contribution < 1.29 is 12.8 Å². The van der Waals surface area contributed by atoms with E-state index in [1.54, 1.807) is 6.92 Å². The Balaban J connectivity index is 2.39. The number of hydrogen-bond acceptors (Lipinski definition) is 3. The van der Waals surface area contributed by atoms with Crippen LogP contribution >= 0.6 is 22.3 Å². The molecule has 0 saturated heterocycles. The minimum atomic E-state index is -3.88. The van der Waals surface area contributed by atoms with Gasteiger partial charge in [0.15, 0.2) is 5.03 Å². The molecule has 8 heteroatoms. The third kappa shape index (κ3) is 3.26. The van der Waals surface area contributed by atoms with Crippen molar-refractivity contribution in [2.75, 3.05) is 0 Å². The van der Waals surface area contributed by atoms with E-state index in [4.69, 9.17) is 22.3 Å². The molecular formula is C11H9Cl2FN2O2S. The summed E-state index contributed by atoms with van der Waals surface area (Å²) in [6, 6.07) is 3.98. The fourth-order valence-corrected chi connectivity index (χ4v) is 2.50. The first-order valence-corrected chi connectivity index (χ1v) is 7.88. The molecule has 2 rings (SSSR count). The highest BCUT2D eigenvalue weighted by atomic mass is 35.7.